The maximum Gasteiger partial charge on any atom is 0.193 e. The van der Waals surface area contributed by atoms with Crippen molar-refractivity contribution in [1.82, 2.24) is 15.1 Å². The Kier molecular flexibility index (Phi) is 7.17. The number of hydrogen-bond donors (Lipinski definition) is 1. The summed E-state index contributed by atoms with van der Waals surface area (Å²) in [6.07, 6.45) is 3.96. The fourth-order valence-corrected chi connectivity index (χ4v) is 4.51. The van der Waals surface area contributed by atoms with Crippen LogP contribution in [0.5, 0.6) is 0 Å². The van der Waals surface area contributed by atoms with E-state index in [1.165, 1.54) is 44.6 Å². The fourth-order valence-electron chi connectivity index (χ4n) is 3.33. The summed E-state index contributed by atoms with van der Waals surface area (Å²) in [7, 11) is 1.92. The van der Waals surface area contributed by atoms with Gasteiger partial charge in [0.2, 0.25) is 0 Å². The lowest BCUT2D eigenvalue weighted by Crippen LogP contribution is -2.50. The van der Waals surface area contributed by atoms with Crippen molar-refractivity contribution < 1.29 is 0 Å². The molecule has 0 bridgehead atoms. The second-order valence-electron chi connectivity index (χ2n) is 6.18. The molecule has 0 amide bonds. The van der Waals surface area contributed by atoms with E-state index in [9.17, 15) is 0 Å². The lowest BCUT2D eigenvalue weighted by atomic mass is 9.98. The number of thioether (sulfide) groups is 1. The number of nitrogens with zero attached hydrogens (tertiary/aromatic N) is 3. The minimum absolute atomic E-state index is 0.766. The monoisotopic (exact) mass is 312 g/mol. The summed E-state index contributed by atoms with van der Waals surface area (Å²) < 4.78 is 0. The van der Waals surface area contributed by atoms with Gasteiger partial charge in [-0.15, -0.1) is 0 Å². The first kappa shape index (κ1) is 16.9. The van der Waals surface area contributed by atoms with Crippen LogP contribution in [-0.2, 0) is 0 Å². The summed E-state index contributed by atoms with van der Waals surface area (Å²) in [5, 5.41) is 4.40. The van der Waals surface area contributed by atoms with E-state index in [2.05, 4.69) is 45.7 Å². The van der Waals surface area contributed by atoms with Crippen molar-refractivity contribution in [2.75, 3.05) is 52.1 Å². The molecule has 2 saturated heterocycles. The largest absolute Gasteiger partial charge is 0.356 e. The molecule has 2 unspecified atom stereocenters. The molecule has 2 heterocycles. The van der Waals surface area contributed by atoms with Gasteiger partial charge in [-0.05, 0) is 38.3 Å². The standard InChI is InChI=1S/C16H32N4S/c1-4-15-13-20(9-10-21-15)16(17-3)18-11-14-7-6-8-19(5-2)12-14/h14-15H,4-13H2,1-3H3,(H,17,18). The fraction of sp³-hybridized carbons (Fsp3) is 0.938. The number of likely N-dealkylation sites (tertiary alicyclic amines) is 1. The van der Waals surface area contributed by atoms with Gasteiger partial charge in [-0.3, -0.25) is 4.99 Å². The van der Waals surface area contributed by atoms with Crippen LogP contribution >= 0.6 is 11.8 Å². The quantitative estimate of drug-likeness (QED) is 0.636. The van der Waals surface area contributed by atoms with E-state index in [0.29, 0.717) is 0 Å². The van der Waals surface area contributed by atoms with Crippen molar-refractivity contribution in [1.29, 1.82) is 0 Å². The van der Waals surface area contributed by atoms with Gasteiger partial charge in [-0.1, -0.05) is 13.8 Å². The number of piperidine rings is 1. The van der Waals surface area contributed by atoms with Crippen LogP contribution in [0.15, 0.2) is 4.99 Å². The smallest absolute Gasteiger partial charge is 0.193 e. The Balaban J connectivity index is 1.79. The molecule has 1 N–H and O–H groups in total. The van der Waals surface area contributed by atoms with Gasteiger partial charge < -0.3 is 15.1 Å². The Morgan fingerprint density at radius 3 is 2.86 bits per heavy atom. The third-order valence-corrected chi connectivity index (χ3v) is 6.08. The van der Waals surface area contributed by atoms with E-state index < -0.39 is 0 Å². The zero-order valence-corrected chi connectivity index (χ0v) is 14.8. The highest BCUT2D eigenvalue weighted by Gasteiger charge is 2.23. The number of guanidine groups is 1. The van der Waals surface area contributed by atoms with E-state index in [4.69, 9.17) is 0 Å². The first-order chi connectivity index (χ1) is 10.3. The Morgan fingerprint density at radius 2 is 2.14 bits per heavy atom. The van der Waals surface area contributed by atoms with Crippen molar-refractivity contribution in [3.63, 3.8) is 0 Å². The molecule has 0 aromatic heterocycles. The first-order valence-electron chi connectivity index (χ1n) is 8.56. The Hall–Kier alpha value is -0.420. The van der Waals surface area contributed by atoms with Crippen molar-refractivity contribution in [3.8, 4) is 0 Å². The van der Waals surface area contributed by atoms with Crippen molar-refractivity contribution in [2.45, 2.75) is 38.4 Å². The van der Waals surface area contributed by atoms with Crippen molar-refractivity contribution >= 4 is 17.7 Å². The zero-order valence-electron chi connectivity index (χ0n) is 14.0. The van der Waals surface area contributed by atoms with E-state index >= 15 is 0 Å². The molecule has 2 aliphatic heterocycles. The molecule has 2 rings (SSSR count). The van der Waals surface area contributed by atoms with Gasteiger partial charge in [-0.2, -0.15) is 11.8 Å². The van der Waals surface area contributed by atoms with E-state index in [-0.39, 0.29) is 0 Å². The number of nitrogens with one attached hydrogen (secondary N) is 1. The third kappa shape index (κ3) is 5.06. The summed E-state index contributed by atoms with van der Waals surface area (Å²) in [6.45, 7) is 11.6. The highest BCUT2D eigenvalue weighted by atomic mass is 32.2. The van der Waals surface area contributed by atoms with Gasteiger partial charge in [-0.25, -0.2) is 0 Å². The van der Waals surface area contributed by atoms with Crippen LogP contribution < -0.4 is 5.32 Å². The van der Waals surface area contributed by atoms with Crippen molar-refractivity contribution in [2.24, 2.45) is 10.9 Å². The highest BCUT2D eigenvalue weighted by molar-refractivity contribution is 8.00. The van der Waals surface area contributed by atoms with Crippen LogP contribution in [-0.4, -0.2) is 73.1 Å². The molecule has 0 aromatic carbocycles. The number of aliphatic imine (C=N–C) groups is 1. The third-order valence-electron chi connectivity index (χ3n) is 4.70. The summed E-state index contributed by atoms with van der Waals surface area (Å²) >= 11 is 2.11. The Labute approximate surface area is 134 Å². The minimum atomic E-state index is 0.766. The van der Waals surface area contributed by atoms with Crippen LogP contribution in [0.4, 0.5) is 0 Å². The molecule has 5 heteroatoms. The molecular weight excluding hydrogens is 280 g/mol. The lowest BCUT2D eigenvalue weighted by Gasteiger charge is -2.36. The molecule has 0 spiro atoms. The van der Waals surface area contributed by atoms with Crippen molar-refractivity contribution in [3.05, 3.63) is 0 Å². The average Bonchev–Trinajstić information content (AvgIpc) is 2.56. The second kappa shape index (κ2) is 8.89. The van der Waals surface area contributed by atoms with E-state index in [1.54, 1.807) is 0 Å². The first-order valence-corrected chi connectivity index (χ1v) is 9.61. The molecule has 0 aromatic rings. The Bertz CT molecular complexity index is 334. The zero-order chi connectivity index (χ0) is 15.1. The molecule has 122 valence electrons. The minimum Gasteiger partial charge on any atom is -0.356 e. The van der Waals surface area contributed by atoms with Gasteiger partial charge in [0, 0.05) is 44.2 Å². The Morgan fingerprint density at radius 1 is 1.29 bits per heavy atom. The van der Waals surface area contributed by atoms with E-state index in [0.717, 1.165) is 36.8 Å². The topological polar surface area (TPSA) is 30.9 Å². The predicted molar refractivity (Wildman–Crippen MR) is 94.3 cm³/mol. The molecular formula is C16H32N4S. The lowest BCUT2D eigenvalue weighted by molar-refractivity contribution is 0.182. The van der Waals surface area contributed by atoms with Gasteiger partial charge >= 0.3 is 0 Å². The van der Waals surface area contributed by atoms with Crippen LogP contribution in [0, 0.1) is 5.92 Å². The van der Waals surface area contributed by atoms with Gasteiger partial charge in [0.1, 0.15) is 0 Å². The SMILES string of the molecule is CCC1CN(C(=NC)NCC2CCCN(CC)C2)CCS1. The highest BCUT2D eigenvalue weighted by Crippen LogP contribution is 2.21. The second-order valence-corrected chi connectivity index (χ2v) is 7.58. The summed E-state index contributed by atoms with van der Waals surface area (Å²) in [6, 6.07) is 0. The van der Waals surface area contributed by atoms with Gasteiger partial charge in [0.25, 0.3) is 0 Å². The molecule has 0 aliphatic carbocycles. The van der Waals surface area contributed by atoms with Gasteiger partial charge in [0.15, 0.2) is 5.96 Å². The van der Waals surface area contributed by atoms with E-state index in [1.807, 2.05) is 7.05 Å². The molecule has 0 radical (unpaired) electrons. The molecule has 2 fully saturated rings. The maximum absolute atomic E-state index is 4.51. The predicted octanol–water partition coefficient (Wildman–Crippen LogP) is 2.12. The summed E-state index contributed by atoms with van der Waals surface area (Å²) in [5.41, 5.74) is 0. The molecule has 0 saturated carbocycles. The molecule has 2 aliphatic rings. The molecule has 2 atom stereocenters. The van der Waals surface area contributed by atoms with Crippen LogP contribution in [0.25, 0.3) is 0 Å². The van der Waals surface area contributed by atoms with Crippen LogP contribution in [0.1, 0.15) is 33.1 Å². The van der Waals surface area contributed by atoms with Crippen LogP contribution in [0.3, 0.4) is 0 Å². The summed E-state index contributed by atoms with van der Waals surface area (Å²) in [4.78, 5) is 9.53. The average molecular weight is 313 g/mol. The van der Waals surface area contributed by atoms with Crippen LogP contribution in [0.2, 0.25) is 0 Å². The maximum atomic E-state index is 4.51. The normalized spacial score (nSPS) is 28.7. The van der Waals surface area contributed by atoms with Gasteiger partial charge in [0.05, 0.1) is 0 Å². The molecule has 21 heavy (non-hydrogen) atoms. The summed E-state index contributed by atoms with van der Waals surface area (Å²) in [5.74, 6) is 3.12. The number of rotatable bonds is 4. The number of hydrogen-bond acceptors (Lipinski definition) is 3. The molecule has 4 nitrogen and oxygen atoms in total.